The maximum atomic E-state index is 4.33. The van der Waals surface area contributed by atoms with Gasteiger partial charge in [-0.25, -0.2) is 0 Å². The Hall–Kier alpha value is -1.19. The van der Waals surface area contributed by atoms with Gasteiger partial charge < -0.3 is 5.32 Å². The zero-order valence-corrected chi connectivity index (χ0v) is 11.3. The van der Waals surface area contributed by atoms with Gasteiger partial charge in [0.05, 0.1) is 5.69 Å². The maximum absolute atomic E-state index is 4.33. The standard InChI is InChI=1S/C14H15BrN2/c1-11(12-5-3-2-4-6-12)16-10-14-8-7-13(15)9-17-14/h2-9,11,16H,10H2,1H3. The molecule has 3 heteroatoms. The van der Waals surface area contributed by atoms with Gasteiger partial charge in [0.1, 0.15) is 0 Å². The molecule has 0 bridgehead atoms. The lowest BCUT2D eigenvalue weighted by atomic mass is 10.1. The smallest absolute Gasteiger partial charge is 0.0542 e. The summed E-state index contributed by atoms with van der Waals surface area (Å²) < 4.78 is 1.01. The Bertz CT molecular complexity index is 453. The van der Waals surface area contributed by atoms with Gasteiger partial charge in [-0.15, -0.1) is 0 Å². The van der Waals surface area contributed by atoms with E-state index >= 15 is 0 Å². The molecule has 0 fully saturated rings. The van der Waals surface area contributed by atoms with Crippen LogP contribution >= 0.6 is 15.9 Å². The lowest BCUT2D eigenvalue weighted by molar-refractivity contribution is 0.568. The van der Waals surface area contributed by atoms with Gasteiger partial charge >= 0.3 is 0 Å². The summed E-state index contributed by atoms with van der Waals surface area (Å²) in [6.07, 6.45) is 1.82. The van der Waals surface area contributed by atoms with Crippen LogP contribution in [0.2, 0.25) is 0 Å². The van der Waals surface area contributed by atoms with Gasteiger partial charge in [-0.3, -0.25) is 4.98 Å². The number of halogens is 1. The summed E-state index contributed by atoms with van der Waals surface area (Å²) in [5.74, 6) is 0. The Morgan fingerprint density at radius 1 is 1.18 bits per heavy atom. The minimum absolute atomic E-state index is 0.335. The van der Waals surface area contributed by atoms with Gasteiger partial charge in [-0.05, 0) is 40.5 Å². The number of hydrogen-bond acceptors (Lipinski definition) is 2. The molecule has 2 rings (SSSR count). The first-order valence-corrected chi connectivity index (χ1v) is 6.44. The van der Waals surface area contributed by atoms with E-state index in [4.69, 9.17) is 0 Å². The third-order valence-corrected chi connectivity index (χ3v) is 3.15. The Morgan fingerprint density at radius 3 is 2.59 bits per heavy atom. The van der Waals surface area contributed by atoms with Gasteiger partial charge in [0, 0.05) is 23.3 Å². The molecular weight excluding hydrogens is 276 g/mol. The second-order valence-electron chi connectivity index (χ2n) is 3.98. The maximum Gasteiger partial charge on any atom is 0.0542 e. The van der Waals surface area contributed by atoms with E-state index in [2.05, 4.69) is 57.4 Å². The molecular formula is C14H15BrN2. The first-order chi connectivity index (χ1) is 8.25. The van der Waals surface area contributed by atoms with Crippen molar-refractivity contribution >= 4 is 15.9 Å². The number of aromatic nitrogens is 1. The highest BCUT2D eigenvalue weighted by molar-refractivity contribution is 9.10. The summed E-state index contributed by atoms with van der Waals surface area (Å²) in [6, 6.07) is 14.8. The van der Waals surface area contributed by atoms with Crippen LogP contribution in [0.15, 0.2) is 53.1 Å². The minimum Gasteiger partial charge on any atom is -0.305 e. The van der Waals surface area contributed by atoms with Crippen molar-refractivity contribution in [2.75, 3.05) is 0 Å². The van der Waals surface area contributed by atoms with Crippen molar-refractivity contribution in [2.24, 2.45) is 0 Å². The summed E-state index contributed by atoms with van der Waals surface area (Å²) in [7, 11) is 0. The van der Waals surface area contributed by atoms with Crippen LogP contribution in [0.1, 0.15) is 24.2 Å². The highest BCUT2D eigenvalue weighted by atomic mass is 79.9. The van der Waals surface area contributed by atoms with E-state index in [1.54, 1.807) is 0 Å². The van der Waals surface area contributed by atoms with Crippen LogP contribution in [0.3, 0.4) is 0 Å². The monoisotopic (exact) mass is 290 g/mol. The highest BCUT2D eigenvalue weighted by Gasteiger charge is 2.03. The van der Waals surface area contributed by atoms with Crippen LogP contribution in [-0.2, 0) is 6.54 Å². The first kappa shape index (κ1) is 12.3. The van der Waals surface area contributed by atoms with Gasteiger partial charge in [-0.1, -0.05) is 30.3 Å². The third kappa shape index (κ3) is 3.65. The van der Waals surface area contributed by atoms with Crippen molar-refractivity contribution in [3.63, 3.8) is 0 Å². The molecule has 0 aliphatic carbocycles. The predicted octanol–water partition coefficient (Wildman–Crippen LogP) is 3.69. The lowest BCUT2D eigenvalue weighted by Gasteiger charge is -2.13. The molecule has 1 unspecified atom stereocenters. The van der Waals surface area contributed by atoms with Gasteiger partial charge in [0.2, 0.25) is 0 Å². The number of nitrogens with zero attached hydrogens (tertiary/aromatic N) is 1. The molecule has 0 radical (unpaired) electrons. The molecule has 1 heterocycles. The molecule has 0 aliphatic heterocycles. The summed E-state index contributed by atoms with van der Waals surface area (Å²) in [5, 5.41) is 3.46. The molecule has 1 aromatic heterocycles. The minimum atomic E-state index is 0.335. The molecule has 1 aromatic carbocycles. The average Bonchev–Trinajstić information content (AvgIpc) is 2.39. The van der Waals surface area contributed by atoms with Crippen molar-refractivity contribution in [3.05, 3.63) is 64.4 Å². The van der Waals surface area contributed by atoms with Gasteiger partial charge in [-0.2, -0.15) is 0 Å². The normalized spacial score (nSPS) is 12.4. The summed E-state index contributed by atoms with van der Waals surface area (Å²) in [5.41, 5.74) is 2.35. The van der Waals surface area contributed by atoms with Gasteiger partial charge in [0.15, 0.2) is 0 Å². The van der Waals surface area contributed by atoms with E-state index in [1.165, 1.54) is 5.56 Å². The molecule has 1 N–H and O–H groups in total. The van der Waals surface area contributed by atoms with Crippen LogP contribution in [0.25, 0.3) is 0 Å². The Morgan fingerprint density at radius 2 is 1.94 bits per heavy atom. The zero-order chi connectivity index (χ0) is 12.1. The molecule has 2 aromatic rings. The van der Waals surface area contributed by atoms with Crippen molar-refractivity contribution in [3.8, 4) is 0 Å². The molecule has 0 spiro atoms. The fourth-order valence-corrected chi connectivity index (χ4v) is 1.86. The molecule has 88 valence electrons. The van der Waals surface area contributed by atoms with Crippen LogP contribution < -0.4 is 5.32 Å². The fraction of sp³-hybridized carbons (Fsp3) is 0.214. The van der Waals surface area contributed by atoms with E-state index in [0.717, 1.165) is 16.7 Å². The van der Waals surface area contributed by atoms with Crippen molar-refractivity contribution < 1.29 is 0 Å². The fourth-order valence-electron chi connectivity index (χ4n) is 1.63. The number of hydrogen-bond donors (Lipinski definition) is 1. The van der Waals surface area contributed by atoms with E-state index in [9.17, 15) is 0 Å². The zero-order valence-electron chi connectivity index (χ0n) is 9.73. The number of rotatable bonds is 4. The third-order valence-electron chi connectivity index (χ3n) is 2.68. The van der Waals surface area contributed by atoms with Crippen LogP contribution in [0, 0.1) is 0 Å². The van der Waals surface area contributed by atoms with E-state index in [0.29, 0.717) is 6.04 Å². The van der Waals surface area contributed by atoms with E-state index in [-0.39, 0.29) is 0 Å². The number of nitrogens with one attached hydrogen (secondary N) is 1. The Balaban J connectivity index is 1.92. The molecule has 17 heavy (non-hydrogen) atoms. The molecule has 1 atom stereocenters. The largest absolute Gasteiger partial charge is 0.305 e. The first-order valence-electron chi connectivity index (χ1n) is 5.64. The number of pyridine rings is 1. The second kappa shape index (κ2) is 5.94. The second-order valence-corrected chi connectivity index (χ2v) is 4.90. The van der Waals surface area contributed by atoms with Crippen molar-refractivity contribution in [1.29, 1.82) is 0 Å². The van der Waals surface area contributed by atoms with Crippen LogP contribution in [-0.4, -0.2) is 4.98 Å². The molecule has 2 nitrogen and oxygen atoms in total. The topological polar surface area (TPSA) is 24.9 Å². The Labute approximate surface area is 110 Å². The van der Waals surface area contributed by atoms with E-state index in [1.807, 2.05) is 24.4 Å². The van der Waals surface area contributed by atoms with E-state index < -0.39 is 0 Å². The molecule has 0 saturated heterocycles. The predicted molar refractivity (Wildman–Crippen MR) is 73.6 cm³/mol. The SMILES string of the molecule is CC(NCc1ccc(Br)cn1)c1ccccc1. The van der Waals surface area contributed by atoms with Gasteiger partial charge in [0.25, 0.3) is 0 Å². The quantitative estimate of drug-likeness (QED) is 0.929. The highest BCUT2D eigenvalue weighted by Crippen LogP contribution is 2.12. The van der Waals surface area contributed by atoms with Crippen LogP contribution in [0.5, 0.6) is 0 Å². The molecule has 0 aliphatic rings. The lowest BCUT2D eigenvalue weighted by Crippen LogP contribution is -2.18. The summed E-state index contributed by atoms with van der Waals surface area (Å²) in [6.45, 7) is 2.94. The average molecular weight is 291 g/mol. The Kier molecular flexibility index (Phi) is 4.29. The number of benzene rings is 1. The molecule has 0 saturated carbocycles. The van der Waals surface area contributed by atoms with Crippen molar-refractivity contribution in [1.82, 2.24) is 10.3 Å². The summed E-state index contributed by atoms with van der Waals surface area (Å²) in [4.78, 5) is 4.33. The summed E-state index contributed by atoms with van der Waals surface area (Å²) >= 11 is 3.38. The van der Waals surface area contributed by atoms with Crippen molar-refractivity contribution in [2.45, 2.75) is 19.5 Å². The molecule has 0 amide bonds. The van der Waals surface area contributed by atoms with Crippen LogP contribution in [0.4, 0.5) is 0 Å².